The van der Waals surface area contributed by atoms with E-state index in [1.165, 1.54) is 0 Å². The van der Waals surface area contributed by atoms with E-state index in [0.717, 1.165) is 5.56 Å². The first kappa shape index (κ1) is 14.6. The van der Waals surface area contributed by atoms with Gasteiger partial charge >= 0.3 is 12.0 Å². The van der Waals surface area contributed by atoms with Crippen molar-refractivity contribution in [2.24, 2.45) is 0 Å². The number of carboxylic acids is 1. The van der Waals surface area contributed by atoms with Crippen LogP contribution in [-0.4, -0.2) is 23.1 Å². The molecule has 5 nitrogen and oxygen atoms in total. The Bertz CT molecular complexity index is 506. The van der Waals surface area contributed by atoms with Crippen LogP contribution in [0.15, 0.2) is 24.3 Å². The predicted molar refractivity (Wildman–Crippen MR) is 71.4 cm³/mol. The van der Waals surface area contributed by atoms with Crippen molar-refractivity contribution < 1.29 is 14.7 Å². The molecular weight excluding hydrogens is 244 g/mol. The van der Waals surface area contributed by atoms with Crippen molar-refractivity contribution >= 4 is 12.0 Å². The first-order valence-electron chi connectivity index (χ1n) is 5.82. The number of nitrogens with one attached hydrogen (secondary N) is 2. The van der Waals surface area contributed by atoms with Gasteiger partial charge in [-0.15, -0.1) is 6.42 Å². The minimum atomic E-state index is -0.905. The van der Waals surface area contributed by atoms with Gasteiger partial charge in [0.1, 0.15) is 0 Å². The summed E-state index contributed by atoms with van der Waals surface area (Å²) in [5.41, 5.74) is 1.45. The van der Waals surface area contributed by atoms with Gasteiger partial charge in [0.25, 0.3) is 0 Å². The van der Waals surface area contributed by atoms with Crippen LogP contribution >= 0.6 is 0 Å². The molecule has 0 heterocycles. The molecule has 1 aromatic rings. The number of urea groups is 1. The molecule has 19 heavy (non-hydrogen) atoms. The number of hydrogen-bond donors (Lipinski definition) is 3. The standard InChI is InChI=1S/C14H16N2O3/c1-3-10(2)16-14(19)15-9-12-7-5-4-6-11(12)8-13(17)18/h1,4-7,10H,8-9H2,2H3,(H,17,18)(H2,15,16,19). The van der Waals surface area contributed by atoms with E-state index < -0.39 is 5.97 Å². The van der Waals surface area contributed by atoms with Gasteiger partial charge in [-0.3, -0.25) is 4.79 Å². The van der Waals surface area contributed by atoms with Gasteiger partial charge in [-0.25, -0.2) is 4.79 Å². The second-order valence-corrected chi connectivity index (χ2v) is 4.05. The fraction of sp³-hybridized carbons (Fsp3) is 0.286. The Morgan fingerprint density at radius 3 is 2.58 bits per heavy atom. The summed E-state index contributed by atoms with van der Waals surface area (Å²) in [5.74, 6) is 1.48. The van der Waals surface area contributed by atoms with E-state index in [9.17, 15) is 9.59 Å². The third-order valence-corrected chi connectivity index (χ3v) is 2.50. The lowest BCUT2D eigenvalue weighted by Crippen LogP contribution is -2.39. The molecule has 5 heteroatoms. The Balaban J connectivity index is 2.60. The Labute approximate surface area is 112 Å². The third kappa shape index (κ3) is 5.13. The highest BCUT2D eigenvalue weighted by Crippen LogP contribution is 2.09. The van der Waals surface area contributed by atoms with Crippen LogP contribution in [0.1, 0.15) is 18.1 Å². The third-order valence-electron chi connectivity index (χ3n) is 2.50. The van der Waals surface area contributed by atoms with Gasteiger partial charge in [0.05, 0.1) is 12.5 Å². The van der Waals surface area contributed by atoms with Crippen molar-refractivity contribution in [1.29, 1.82) is 0 Å². The molecule has 1 unspecified atom stereocenters. The Kier molecular flexibility index (Phi) is 5.42. The van der Waals surface area contributed by atoms with Crippen LogP contribution in [0.5, 0.6) is 0 Å². The number of aliphatic carboxylic acids is 1. The van der Waals surface area contributed by atoms with Crippen molar-refractivity contribution in [2.75, 3.05) is 0 Å². The number of terminal acetylenes is 1. The smallest absolute Gasteiger partial charge is 0.316 e. The fourth-order valence-electron chi connectivity index (χ4n) is 1.53. The number of carbonyl (C=O) groups excluding carboxylic acids is 1. The first-order chi connectivity index (χ1) is 9.02. The molecule has 0 radical (unpaired) electrons. The molecule has 0 spiro atoms. The molecule has 0 bridgehead atoms. The van der Waals surface area contributed by atoms with Gasteiger partial charge in [-0.2, -0.15) is 0 Å². The minimum absolute atomic E-state index is 0.0692. The molecule has 0 saturated heterocycles. The highest BCUT2D eigenvalue weighted by Gasteiger charge is 2.08. The molecule has 2 amide bonds. The van der Waals surface area contributed by atoms with Gasteiger partial charge in [0.2, 0.25) is 0 Å². The summed E-state index contributed by atoms with van der Waals surface area (Å²) in [6, 6.07) is 6.34. The molecule has 1 atom stereocenters. The van der Waals surface area contributed by atoms with Crippen LogP contribution in [-0.2, 0) is 17.8 Å². The predicted octanol–water partition coefficient (Wildman–Crippen LogP) is 1.13. The van der Waals surface area contributed by atoms with Crippen molar-refractivity contribution in [1.82, 2.24) is 10.6 Å². The van der Waals surface area contributed by atoms with Crippen molar-refractivity contribution in [3.05, 3.63) is 35.4 Å². The molecule has 0 aliphatic rings. The summed E-state index contributed by atoms with van der Waals surface area (Å²) in [6.07, 6.45) is 5.08. The minimum Gasteiger partial charge on any atom is -0.481 e. The molecule has 0 aliphatic heterocycles. The summed E-state index contributed by atoms with van der Waals surface area (Å²) in [5, 5.41) is 14.0. The van der Waals surface area contributed by atoms with E-state index in [0.29, 0.717) is 5.56 Å². The summed E-state index contributed by atoms with van der Waals surface area (Å²) in [6.45, 7) is 1.95. The summed E-state index contributed by atoms with van der Waals surface area (Å²) in [7, 11) is 0. The van der Waals surface area contributed by atoms with Gasteiger partial charge in [-0.05, 0) is 18.1 Å². The fourth-order valence-corrected chi connectivity index (χ4v) is 1.53. The largest absolute Gasteiger partial charge is 0.481 e. The maximum Gasteiger partial charge on any atom is 0.316 e. The summed E-state index contributed by atoms with van der Waals surface area (Å²) >= 11 is 0. The average molecular weight is 260 g/mol. The lowest BCUT2D eigenvalue weighted by molar-refractivity contribution is -0.136. The van der Waals surface area contributed by atoms with Gasteiger partial charge in [0, 0.05) is 6.54 Å². The summed E-state index contributed by atoms with van der Waals surface area (Å²) in [4.78, 5) is 22.2. The second-order valence-electron chi connectivity index (χ2n) is 4.05. The number of carboxylic acid groups (broad SMARTS) is 1. The maximum absolute atomic E-state index is 11.5. The van der Waals surface area contributed by atoms with E-state index in [1.807, 2.05) is 0 Å². The zero-order valence-electron chi connectivity index (χ0n) is 10.6. The second kappa shape index (κ2) is 7.07. The van der Waals surface area contributed by atoms with Gasteiger partial charge in [-0.1, -0.05) is 30.2 Å². The van der Waals surface area contributed by atoms with E-state index in [1.54, 1.807) is 31.2 Å². The van der Waals surface area contributed by atoms with E-state index in [2.05, 4.69) is 16.6 Å². The summed E-state index contributed by atoms with van der Waals surface area (Å²) < 4.78 is 0. The topological polar surface area (TPSA) is 78.4 Å². The number of carbonyl (C=O) groups is 2. The van der Waals surface area contributed by atoms with Crippen LogP contribution in [0, 0.1) is 12.3 Å². The van der Waals surface area contributed by atoms with E-state index in [4.69, 9.17) is 11.5 Å². The monoisotopic (exact) mass is 260 g/mol. The first-order valence-corrected chi connectivity index (χ1v) is 5.82. The Morgan fingerprint density at radius 1 is 1.37 bits per heavy atom. The van der Waals surface area contributed by atoms with Crippen LogP contribution in [0.25, 0.3) is 0 Å². The molecule has 0 saturated carbocycles. The normalized spacial score (nSPS) is 11.2. The molecule has 3 N–H and O–H groups in total. The quantitative estimate of drug-likeness (QED) is 0.694. The Morgan fingerprint density at radius 2 is 2.00 bits per heavy atom. The number of amides is 2. The van der Waals surface area contributed by atoms with Crippen LogP contribution in [0.3, 0.4) is 0 Å². The maximum atomic E-state index is 11.5. The molecule has 1 aromatic carbocycles. The Hall–Kier alpha value is -2.48. The van der Waals surface area contributed by atoms with E-state index >= 15 is 0 Å². The SMILES string of the molecule is C#CC(C)NC(=O)NCc1ccccc1CC(=O)O. The lowest BCUT2D eigenvalue weighted by atomic mass is 10.0. The number of benzene rings is 1. The van der Waals surface area contributed by atoms with Crippen LogP contribution in [0.4, 0.5) is 4.79 Å². The van der Waals surface area contributed by atoms with Crippen molar-refractivity contribution in [3.8, 4) is 12.3 Å². The highest BCUT2D eigenvalue weighted by molar-refractivity contribution is 5.75. The molecular formula is C14H16N2O3. The molecule has 0 aliphatic carbocycles. The molecule has 100 valence electrons. The van der Waals surface area contributed by atoms with Crippen LogP contribution in [0.2, 0.25) is 0 Å². The number of hydrogen-bond acceptors (Lipinski definition) is 2. The lowest BCUT2D eigenvalue weighted by Gasteiger charge is -2.11. The van der Waals surface area contributed by atoms with Gasteiger partial charge < -0.3 is 15.7 Å². The molecule has 0 aromatic heterocycles. The van der Waals surface area contributed by atoms with Gasteiger partial charge in [0.15, 0.2) is 0 Å². The molecule has 1 rings (SSSR count). The van der Waals surface area contributed by atoms with E-state index in [-0.39, 0.29) is 25.0 Å². The highest BCUT2D eigenvalue weighted by atomic mass is 16.4. The zero-order valence-corrected chi connectivity index (χ0v) is 10.6. The molecule has 0 fully saturated rings. The zero-order chi connectivity index (χ0) is 14.3. The number of rotatable bonds is 5. The van der Waals surface area contributed by atoms with Crippen molar-refractivity contribution in [3.63, 3.8) is 0 Å². The van der Waals surface area contributed by atoms with Crippen molar-refractivity contribution in [2.45, 2.75) is 25.9 Å². The van der Waals surface area contributed by atoms with Crippen LogP contribution < -0.4 is 10.6 Å². The average Bonchev–Trinajstić information content (AvgIpc) is 2.37.